The quantitative estimate of drug-likeness (QED) is 0.766. The number of rotatable bonds is 5. The Morgan fingerprint density at radius 2 is 1.90 bits per heavy atom. The number of anilines is 1. The lowest BCUT2D eigenvalue weighted by Crippen LogP contribution is -2.49. The number of piperidine rings is 1. The lowest BCUT2D eigenvalue weighted by molar-refractivity contribution is -0.136. The number of hydrogen-bond acceptors (Lipinski definition) is 3. The maximum absolute atomic E-state index is 12.4. The summed E-state index contributed by atoms with van der Waals surface area (Å²) in [6.07, 6.45) is 1.72. The van der Waals surface area contributed by atoms with Gasteiger partial charge >= 0.3 is 12.0 Å². The summed E-state index contributed by atoms with van der Waals surface area (Å²) in [4.78, 5) is 24.7. The number of carbonyl (C=O) groups is 2. The normalized spacial score (nSPS) is 15.4. The first-order chi connectivity index (χ1) is 10.2. The van der Waals surface area contributed by atoms with E-state index in [0.29, 0.717) is 5.69 Å². The van der Waals surface area contributed by atoms with Gasteiger partial charge < -0.3 is 15.7 Å². The fraction of sp³-hybridized carbons (Fsp3) is 0.467. The second-order valence-electron chi connectivity index (χ2n) is 5.10. The summed E-state index contributed by atoms with van der Waals surface area (Å²) in [6, 6.07) is 9.07. The molecule has 1 aromatic rings. The summed E-state index contributed by atoms with van der Waals surface area (Å²) < 4.78 is 0. The Bertz CT molecular complexity index is 472. The number of carboxylic acid groups (broad SMARTS) is 1. The molecule has 0 aliphatic carbocycles. The van der Waals surface area contributed by atoms with Gasteiger partial charge in [-0.2, -0.15) is 0 Å². The molecule has 0 saturated carbocycles. The monoisotopic (exact) mass is 291 g/mol. The second-order valence-corrected chi connectivity index (χ2v) is 5.10. The smallest absolute Gasteiger partial charge is 0.322 e. The number of nitrogens with zero attached hydrogens (tertiary/aromatic N) is 1. The summed E-state index contributed by atoms with van der Waals surface area (Å²) in [5.74, 6) is -0.911. The fourth-order valence-electron chi connectivity index (χ4n) is 2.38. The zero-order valence-corrected chi connectivity index (χ0v) is 11.9. The molecular formula is C15H21N3O3. The number of carbonyl (C=O) groups excluding carboxylic acids is 1. The van der Waals surface area contributed by atoms with Crippen molar-refractivity contribution >= 4 is 17.7 Å². The van der Waals surface area contributed by atoms with Gasteiger partial charge in [-0.1, -0.05) is 18.2 Å². The van der Waals surface area contributed by atoms with E-state index in [1.807, 2.05) is 30.3 Å². The minimum Gasteiger partial charge on any atom is -0.481 e. The molecule has 1 aliphatic rings. The Morgan fingerprint density at radius 3 is 2.52 bits per heavy atom. The zero-order valence-electron chi connectivity index (χ0n) is 11.9. The molecule has 21 heavy (non-hydrogen) atoms. The van der Waals surface area contributed by atoms with Gasteiger partial charge in [-0.25, -0.2) is 4.79 Å². The van der Waals surface area contributed by atoms with Crippen LogP contribution >= 0.6 is 0 Å². The van der Waals surface area contributed by atoms with E-state index in [1.54, 1.807) is 0 Å². The molecule has 114 valence electrons. The number of carboxylic acids is 1. The van der Waals surface area contributed by atoms with Crippen molar-refractivity contribution in [3.63, 3.8) is 0 Å². The molecule has 0 aromatic heterocycles. The third kappa shape index (κ3) is 4.75. The van der Waals surface area contributed by atoms with Crippen molar-refractivity contribution < 1.29 is 14.7 Å². The molecule has 1 heterocycles. The van der Waals surface area contributed by atoms with E-state index in [0.717, 1.165) is 25.9 Å². The highest BCUT2D eigenvalue weighted by molar-refractivity contribution is 5.92. The van der Waals surface area contributed by atoms with Crippen LogP contribution in [0, 0.1) is 0 Å². The van der Waals surface area contributed by atoms with E-state index in [-0.39, 0.29) is 25.0 Å². The van der Waals surface area contributed by atoms with Gasteiger partial charge in [0, 0.05) is 18.3 Å². The van der Waals surface area contributed by atoms with Crippen LogP contribution in [0.2, 0.25) is 0 Å². The average Bonchev–Trinajstić information content (AvgIpc) is 2.49. The molecule has 1 aliphatic heterocycles. The van der Waals surface area contributed by atoms with Crippen molar-refractivity contribution in [3.05, 3.63) is 30.3 Å². The van der Waals surface area contributed by atoms with Gasteiger partial charge in [-0.3, -0.25) is 9.69 Å². The van der Waals surface area contributed by atoms with Crippen molar-refractivity contribution in [1.29, 1.82) is 0 Å². The predicted molar refractivity (Wildman–Crippen MR) is 80.5 cm³/mol. The molecule has 2 rings (SSSR count). The Morgan fingerprint density at radius 1 is 1.24 bits per heavy atom. The lowest BCUT2D eigenvalue weighted by atomic mass is 10.1. The first-order valence-corrected chi connectivity index (χ1v) is 7.22. The van der Waals surface area contributed by atoms with Crippen LogP contribution in [0.1, 0.15) is 19.3 Å². The molecule has 0 atom stereocenters. The van der Waals surface area contributed by atoms with Gasteiger partial charge in [0.25, 0.3) is 0 Å². The van der Waals surface area contributed by atoms with Crippen molar-refractivity contribution in [2.24, 2.45) is 0 Å². The van der Waals surface area contributed by atoms with Gasteiger partial charge in [0.2, 0.25) is 0 Å². The molecule has 3 N–H and O–H groups in total. The van der Waals surface area contributed by atoms with E-state index in [1.165, 1.54) is 4.90 Å². The maximum atomic E-state index is 12.4. The largest absolute Gasteiger partial charge is 0.481 e. The average molecular weight is 291 g/mol. The molecule has 6 heteroatoms. The van der Waals surface area contributed by atoms with Gasteiger partial charge in [-0.05, 0) is 38.1 Å². The Balaban J connectivity index is 2.02. The van der Waals surface area contributed by atoms with Gasteiger partial charge in [-0.15, -0.1) is 0 Å². The van der Waals surface area contributed by atoms with Crippen LogP contribution in [0.3, 0.4) is 0 Å². The third-order valence-corrected chi connectivity index (χ3v) is 3.53. The van der Waals surface area contributed by atoms with Crippen molar-refractivity contribution in [1.82, 2.24) is 10.6 Å². The first kappa shape index (κ1) is 15.3. The highest BCUT2D eigenvalue weighted by Crippen LogP contribution is 2.15. The molecule has 1 saturated heterocycles. The minimum atomic E-state index is -0.911. The van der Waals surface area contributed by atoms with Crippen molar-refractivity contribution in [2.45, 2.75) is 25.3 Å². The van der Waals surface area contributed by atoms with Crippen molar-refractivity contribution in [3.8, 4) is 0 Å². The predicted octanol–water partition coefficient (Wildman–Crippen LogP) is 1.43. The lowest BCUT2D eigenvalue weighted by Gasteiger charge is -2.28. The zero-order chi connectivity index (χ0) is 15.1. The van der Waals surface area contributed by atoms with Crippen LogP contribution in [0.25, 0.3) is 0 Å². The summed E-state index contributed by atoms with van der Waals surface area (Å²) in [5, 5.41) is 15.1. The second kappa shape index (κ2) is 7.64. The van der Waals surface area contributed by atoms with E-state index in [4.69, 9.17) is 5.11 Å². The van der Waals surface area contributed by atoms with E-state index in [9.17, 15) is 9.59 Å². The maximum Gasteiger partial charge on any atom is 0.322 e. The number of para-hydroxylation sites is 1. The topological polar surface area (TPSA) is 81.7 Å². The number of nitrogens with one attached hydrogen (secondary N) is 2. The van der Waals surface area contributed by atoms with E-state index < -0.39 is 5.97 Å². The molecular weight excluding hydrogens is 270 g/mol. The van der Waals surface area contributed by atoms with Gasteiger partial charge in [0.05, 0.1) is 6.42 Å². The number of aliphatic carboxylic acids is 1. The summed E-state index contributed by atoms with van der Waals surface area (Å²) >= 11 is 0. The van der Waals surface area contributed by atoms with E-state index >= 15 is 0 Å². The summed E-state index contributed by atoms with van der Waals surface area (Å²) in [5.41, 5.74) is 0.713. The molecule has 1 fully saturated rings. The van der Waals surface area contributed by atoms with Crippen molar-refractivity contribution in [2.75, 3.05) is 24.5 Å². The van der Waals surface area contributed by atoms with Crippen LogP contribution in [0.15, 0.2) is 30.3 Å². The van der Waals surface area contributed by atoms with Crippen LogP contribution in [-0.2, 0) is 4.79 Å². The van der Waals surface area contributed by atoms with Crippen LogP contribution in [0.5, 0.6) is 0 Å². The standard InChI is InChI=1S/C15H21N3O3/c19-14(20)8-11-18(13-4-2-1-3-5-13)15(21)17-12-6-9-16-10-7-12/h1-5,12,16H,6-11H2,(H,17,21)(H,19,20). The molecule has 0 unspecified atom stereocenters. The summed E-state index contributed by atoms with van der Waals surface area (Å²) in [6.45, 7) is 1.95. The number of urea groups is 1. The fourth-order valence-corrected chi connectivity index (χ4v) is 2.38. The van der Waals surface area contributed by atoms with Gasteiger partial charge in [0.1, 0.15) is 0 Å². The highest BCUT2D eigenvalue weighted by Gasteiger charge is 2.21. The van der Waals surface area contributed by atoms with Gasteiger partial charge in [0.15, 0.2) is 0 Å². The highest BCUT2D eigenvalue weighted by atomic mass is 16.4. The molecule has 0 radical (unpaired) electrons. The van der Waals surface area contributed by atoms with E-state index in [2.05, 4.69) is 10.6 Å². The molecule has 2 amide bonds. The third-order valence-electron chi connectivity index (χ3n) is 3.53. The number of benzene rings is 1. The Kier molecular flexibility index (Phi) is 5.57. The Labute approximate surface area is 124 Å². The minimum absolute atomic E-state index is 0.0749. The number of hydrogen-bond donors (Lipinski definition) is 3. The molecule has 0 spiro atoms. The number of amides is 2. The van der Waals surface area contributed by atoms with Crippen LogP contribution in [-0.4, -0.2) is 42.8 Å². The molecule has 1 aromatic carbocycles. The SMILES string of the molecule is O=C(O)CCN(C(=O)NC1CCNCC1)c1ccccc1. The Hall–Kier alpha value is -2.08. The molecule has 6 nitrogen and oxygen atoms in total. The molecule has 0 bridgehead atoms. The summed E-state index contributed by atoms with van der Waals surface area (Å²) in [7, 11) is 0. The van der Waals surface area contributed by atoms with Crippen LogP contribution in [0.4, 0.5) is 10.5 Å². The first-order valence-electron chi connectivity index (χ1n) is 7.22. The van der Waals surface area contributed by atoms with Crippen LogP contribution < -0.4 is 15.5 Å².